The zero-order valence-corrected chi connectivity index (χ0v) is 30.5. The third-order valence-corrected chi connectivity index (χ3v) is 10.2. The summed E-state index contributed by atoms with van der Waals surface area (Å²) in [6, 6.07) is 0.446. The molecule has 4 aliphatic rings. The van der Waals surface area contributed by atoms with Crippen LogP contribution in [0.1, 0.15) is 80.3 Å². The van der Waals surface area contributed by atoms with Gasteiger partial charge in [0.2, 0.25) is 0 Å². The summed E-state index contributed by atoms with van der Waals surface area (Å²) in [5.74, 6) is -5.71. The van der Waals surface area contributed by atoms with Crippen LogP contribution in [0.3, 0.4) is 0 Å². The van der Waals surface area contributed by atoms with Crippen molar-refractivity contribution in [2.45, 2.75) is 104 Å². The minimum atomic E-state index is -3.27. The number of amides is 1. The molecule has 1 N–H and O–H groups in total. The van der Waals surface area contributed by atoms with Crippen LogP contribution in [0, 0.1) is 23.6 Å². The Morgan fingerprint density at radius 1 is 1.12 bits per heavy atom. The number of aromatic nitrogens is 3. The first-order chi connectivity index (χ1) is 23.9. The van der Waals surface area contributed by atoms with Crippen LogP contribution in [0.2, 0.25) is 0 Å². The third kappa shape index (κ3) is 7.12. The molecule has 0 radical (unpaired) electrons. The zero-order chi connectivity index (χ0) is 37.2. The van der Waals surface area contributed by atoms with E-state index in [1.54, 1.807) is 25.7 Å². The number of carbonyl (C=O) groups is 1. The van der Waals surface area contributed by atoms with Crippen LogP contribution >= 0.6 is 0 Å². The minimum absolute atomic E-state index is 0.0251. The number of anilines is 1. The largest absolute Gasteiger partial charge is 0.444 e. The first-order valence-electron chi connectivity index (χ1n) is 17.8. The van der Waals surface area contributed by atoms with Crippen LogP contribution in [-0.2, 0) is 9.47 Å². The molecular formula is C37H48F4N6O4. The van der Waals surface area contributed by atoms with Gasteiger partial charge in [0, 0.05) is 55.3 Å². The lowest BCUT2D eigenvalue weighted by molar-refractivity contribution is -0.0956. The Morgan fingerprint density at radius 2 is 1.84 bits per heavy atom. The van der Waals surface area contributed by atoms with E-state index in [0.29, 0.717) is 17.9 Å². The highest BCUT2D eigenvalue weighted by Gasteiger charge is 2.41. The van der Waals surface area contributed by atoms with Gasteiger partial charge in [-0.3, -0.25) is 0 Å². The second-order valence-corrected chi connectivity index (χ2v) is 15.7. The van der Waals surface area contributed by atoms with E-state index in [4.69, 9.17) is 14.5 Å². The van der Waals surface area contributed by atoms with Gasteiger partial charge in [0.15, 0.2) is 5.65 Å². The summed E-state index contributed by atoms with van der Waals surface area (Å²) in [7, 11) is 0. The van der Waals surface area contributed by atoms with E-state index in [-0.39, 0.29) is 72.3 Å². The molecule has 1 fully saturated rings. The summed E-state index contributed by atoms with van der Waals surface area (Å²) in [6.45, 7) is 14.9. The first-order valence-corrected chi connectivity index (χ1v) is 17.8. The monoisotopic (exact) mass is 716 g/mol. The molecule has 0 aromatic carbocycles. The maximum absolute atomic E-state index is 16.5. The number of rotatable bonds is 2. The van der Waals surface area contributed by atoms with Gasteiger partial charge >= 0.3 is 11.8 Å². The molecule has 3 unspecified atom stereocenters. The Kier molecular flexibility index (Phi) is 9.79. The van der Waals surface area contributed by atoms with Gasteiger partial charge in [0.05, 0.1) is 17.2 Å². The molecule has 51 heavy (non-hydrogen) atoms. The summed E-state index contributed by atoms with van der Waals surface area (Å²) in [5.41, 5.74) is -0.974. The van der Waals surface area contributed by atoms with E-state index in [0.717, 1.165) is 6.08 Å². The number of hydrogen-bond acceptors (Lipinski definition) is 8. The van der Waals surface area contributed by atoms with Crippen LogP contribution in [0.25, 0.3) is 22.3 Å². The van der Waals surface area contributed by atoms with E-state index in [1.807, 2.05) is 39.5 Å². The number of nitrogens with zero attached hydrogens (tertiary/aromatic N) is 5. The number of fused-ring (bicyclic) bond motifs is 5. The normalized spacial score (nSPS) is 27.1. The van der Waals surface area contributed by atoms with Crippen molar-refractivity contribution < 1.29 is 31.8 Å². The summed E-state index contributed by atoms with van der Waals surface area (Å²) in [6.07, 6.45) is 0.433. The van der Waals surface area contributed by atoms with Crippen LogP contribution in [0.15, 0.2) is 34.5 Å². The van der Waals surface area contributed by atoms with E-state index < -0.39 is 65.7 Å². The molecule has 10 nitrogen and oxygen atoms in total. The van der Waals surface area contributed by atoms with Crippen molar-refractivity contribution in [3.05, 3.63) is 51.7 Å². The predicted molar refractivity (Wildman–Crippen MR) is 187 cm³/mol. The lowest BCUT2D eigenvalue weighted by atomic mass is 9.80. The van der Waals surface area contributed by atoms with Gasteiger partial charge in [-0.25, -0.2) is 36.7 Å². The summed E-state index contributed by atoms with van der Waals surface area (Å²) in [4.78, 5) is 40.4. The molecule has 2 aromatic heterocycles. The number of pyridine rings is 1. The maximum Gasteiger partial charge on any atom is 0.410 e. The molecule has 14 heteroatoms. The smallest absolute Gasteiger partial charge is 0.410 e. The molecular weight excluding hydrogens is 668 g/mol. The van der Waals surface area contributed by atoms with Crippen molar-refractivity contribution in [1.29, 1.82) is 0 Å². The minimum Gasteiger partial charge on any atom is -0.444 e. The number of hydrogen-bond donors (Lipinski definition) is 1. The first kappa shape index (κ1) is 36.8. The Morgan fingerprint density at radius 3 is 2.53 bits per heavy atom. The van der Waals surface area contributed by atoms with Crippen molar-refractivity contribution >= 4 is 34.2 Å². The van der Waals surface area contributed by atoms with Crippen LogP contribution < -0.4 is 15.9 Å². The number of nitrogens with one attached hydrogen (secondary N) is 1. The molecule has 278 valence electrons. The topological polar surface area (TPSA) is 102 Å². The molecule has 0 spiro atoms. The van der Waals surface area contributed by atoms with Crippen molar-refractivity contribution in [3.63, 3.8) is 0 Å². The van der Waals surface area contributed by atoms with Crippen molar-refractivity contribution in [1.82, 2.24) is 24.8 Å². The molecule has 1 amide bonds. The number of allylic oxidation sites excluding steroid dienone is 4. The highest BCUT2D eigenvalue weighted by atomic mass is 19.3. The van der Waals surface area contributed by atoms with Gasteiger partial charge in [-0.15, -0.1) is 0 Å². The Bertz CT molecular complexity index is 1870. The van der Waals surface area contributed by atoms with E-state index in [9.17, 15) is 9.59 Å². The number of halogens is 4. The van der Waals surface area contributed by atoms with Crippen molar-refractivity contribution in [2.24, 2.45) is 17.8 Å². The summed E-state index contributed by atoms with van der Waals surface area (Å²) >= 11 is 0. The number of alkyl halides is 2. The Hall–Kier alpha value is -3.94. The fourth-order valence-electron chi connectivity index (χ4n) is 7.64. The van der Waals surface area contributed by atoms with Crippen LogP contribution in [0.4, 0.5) is 28.2 Å². The molecule has 5 heterocycles. The summed E-state index contributed by atoms with van der Waals surface area (Å²) in [5, 5.41) is 3.61. The zero-order valence-electron chi connectivity index (χ0n) is 30.5. The average molecular weight is 717 g/mol. The summed E-state index contributed by atoms with van der Waals surface area (Å²) < 4.78 is 75.8. The Balaban J connectivity index is 1.61. The lowest BCUT2D eigenvalue weighted by Gasteiger charge is -2.45. The van der Waals surface area contributed by atoms with Gasteiger partial charge in [-0.05, 0) is 71.4 Å². The van der Waals surface area contributed by atoms with Gasteiger partial charge in [-0.2, -0.15) is 4.98 Å². The molecule has 5 atom stereocenters. The van der Waals surface area contributed by atoms with Gasteiger partial charge in [-0.1, -0.05) is 26.8 Å². The molecule has 2 bridgehead atoms. The van der Waals surface area contributed by atoms with E-state index in [2.05, 4.69) is 10.3 Å². The number of carbonyl (C=O) groups excluding carboxylic acids is 1. The fourth-order valence-corrected chi connectivity index (χ4v) is 7.64. The molecule has 2 aromatic rings. The van der Waals surface area contributed by atoms with Crippen LogP contribution in [0.5, 0.6) is 0 Å². The van der Waals surface area contributed by atoms with E-state index in [1.165, 1.54) is 16.7 Å². The quantitative estimate of drug-likeness (QED) is 0.335. The Labute approximate surface area is 295 Å². The number of ether oxygens (including phenoxy) is 2. The van der Waals surface area contributed by atoms with E-state index >= 15 is 17.6 Å². The average Bonchev–Trinajstić information content (AvgIpc) is 3.03. The SMILES string of the molecule is CC(C)C1=C2C(CCC(F)(F)COC3CC=CC(F)=C3c3nc4c(cc3F)c(N3C[C@@H](C)N(C(=O)OC(C)(C)C)C[C@@H]3C)nc(=O)n42)C(C)CN1. The molecule has 6 rings (SSSR count). The third-order valence-electron chi connectivity index (χ3n) is 10.2. The van der Waals surface area contributed by atoms with Crippen LogP contribution in [-0.4, -0.2) is 81.5 Å². The highest BCUT2D eigenvalue weighted by Crippen LogP contribution is 2.42. The standard InChI is InChI=1S/C37H48F4N6O4/c1-19(2)29-31-23(20(3)15-42-29)12-13-37(40,41)18-50-27-11-9-10-25(38)28(27)30-26(39)14-24-32(44-34(48)47(31)33(24)43-30)45-16-22(5)46(17-21(45)4)35(49)51-36(6,7)8/h9-10,14,19-23,27,42H,11-13,15-18H2,1-8H3/t20?,21-,22+,23?,27?/m0/s1. The van der Waals surface area contributed by atoms with Crippen molar-refractivity contribution in [2.75, 3.05) is 31.1 Å². The molecule has 3 aliphatic heterocycles. The van der Waals surface area contributed by atoms with Gasteiger partial charge in [0.25, 0.3) is 5.92 Å². The highest BCUT2D eigenvalue weighted by molar-refractivity contribution is 5.91. The second-order valence-electron chi connectivity index (χ2n) is 15.7. The number of piperazine rings is 1. The van der Waals surface area contributed by atoms with Gasteiger partial charge < -0.3 is 24.6 Å². The predicted octanol–water partition coefficient (Wildman–Crippen LogP) is 6.90. The fraction of sp³-hybridized carbons (Fsp3) is 0.622. The second kappa shape index (κ2) is 13.6. The molecule has 1 aliphatic carbocycles. The van der Waals surface area contributed by atoms with Crippen molar-refractivity contribution in [3.8, 4) is 0 Å². The molecule has 1 saturated heterocycles. The maximum atomic E-state index is 16.5. The van der Waals surface area contributed by atoms with Gasteiger partial charge in [0.1, 0.15) is 35.4 Å². The lowest BCUT2D eigenvalue weighted by Crippen LogP contribution is -2.59. The molecule has 0 saturated carbocycles.